The highest BCUT2D eigenvalue weighted by Crippen LogP contribution is 2.52. The van der Waals surface area contributed by atoms with Crippen LogP contribution in [0.2, 0.25) is 0 Å². The van der Waals surface area contributed by atoms with Gasteiger partial charge in [0.1, 0.15) is 11.2 Å². The molecule has 0 bridgehead atoms. The van der Waals surface area contributed by atoms with Crippen molar-refractivity contribution in [2.75, 3.05) is 0 Å². The van der Waals surface area contributed by atoms with Crippen LogP contribution < -0.4 is 0 Å². The van der Waals surface area contributed by atoms with E-state index in [1.807, 2.05) is 0 Å². The Morgan fingerprint density at radius 2 is 0.936 bits per heavy atom. The molecule has 1 nitrogen and oxygen atoms in total. The molecule has 1 aliphatic carbocycles. The van der Waals surface area contributed by atoms with E-state index in [1.165, 1.54) is 87.8 Å². The average Bonchev–Trinajstić information content (AvgIpc) is 3.56. The van der Waals surface area contributed by atoms with Crippen LogP contribution in [0.3, 0.4) is 0 Å². The van der Waals surface area contributed by atoms with Crippen LogP contribution in [0.15, 0.2) is 144 Å². The Balaban J connectivity index is 1.23. The summed E-state index contributed by atoms with van der Waals surface area (Å²) in [5, 5.41) is 9.99. The molecule has 47 heavy (non-hydrogen) atoms. The zero-order valence-electron chi connectivity index (χ0n) is 26.7. The van der Waals surface area contributed by atoms with E-state index in [0.717, 1.165) is 16.6 Å². The van der Waals surface area contributed by atoms with Gasteiger partial charge in [-0.2, -0.15) is 0 Å². The van der Waals surface area contributed by atoms with Crippen molar-refractivity contribution in [1.82, 2.24) is 0 Å². The highest BCUT2D eigenvalue weighted by atomic mass is 16.3. The van der Waals surface area contributed by atoms with Crippen LogP contribution in [0, 0.1) is 6.92 Å². The molecule has 0 spiro atoms. The van der Waals surface area contributed by atoms with E-state index in [4.69, 9.17) is 4.42 Å². The first-order valence-corrected chi connectivity index (χ1v) is 16.5. The molecular weight excluding hydrogens is 569 g/mol. The number of aryl methyl sites for hydroxylation is 1. The van der Waals surface area contributed by atoms with E-state index >= 15 is 0 Å². The Morgan fingerprint density at radius 3 is 1.60 bits per heavy atom. The fourth-order valence-corrected chi connectivity index (χ4v) is 8.37. The predicted molar refractivity (Wildman–Crippen MR) is 199 cm³/mol. The van der Waals surface area contributed by atoms with Gasteiger partial charge in [0.05, 0.1) is 0 Å². The first-order valence-electron chi connectivity index (χ1n) is 16.5. The van der Waals surface area contributed by atoms with Gasteiger partial charge in [0, 0.05) is 16.2 Å². The first-order chi connectivity index (χ1) is 23.0. The zero-order valence-corrected chi connectivity index (χ0v) is 26.7. The molecular formula is C46H32O. The molecule has 0 amide bonds. The van der Waals surface area contributed by atoms with E-state index < -0.39 is 0 Å². The van der Waals surface area contributed by atoms with Crippen LogP contribution in [0.25, 0.3) is 87.6 Å². The lowest BCUT2D eigenvalue weighted by atomic mass is 9.80. The topological polar surface area (TPSA) is 13.1 Å². The number of rotatable bonds is 2. The molecule has 1 heterocycles. The summed E-state index contributed by atoms with van der Waals surface area (Å²) < 4.78 is 6.25. The lowest BCUT2D eigenvalue weighted by Gasteiger charge is -2.23. The first kappa shape index (κ1) is 26.5. The van der Waals surface area contributed by atoms with Crippen LogP contribution >= 0.6 is 0 Å². The molecule has 222 valence electrons. The summed E-state index contributed by atoms with van der Waals surface area (Å²) in [6.07, 6.45) is 0. The maximum atomic E-state index is 6.25. The minimum absolute atomic E-state index is 0.0998. The number of furan rings is 1. The summed E-state index contributed by atoms with van der Waals surface area (Å²) in [5.74, 6) is 0. The monoisotopic (exact) mass is 600 g/mol. The molecule has 0 fully saturated rings. The Hall–Kier alpha value is -5.66. The van der Waals surface area contributed by atoms with Gasteiger partial charge in [-0.3, -0.25) is 0 Å². The predicted octanol–water partition coefficient (Wildman–Crippen LogP) is 13.0. The van der Waals surface area contributed by atoms with Gasteiger partial charge in [0.2, 0.25) is 0 Å². The second-order valence-electron chi connectivity index (χ2n) is 13.8. The highest BCUT2D eigenvalue weighted by Gasteiger charge is 2.36. The maximum absolute atomic E-state index is 6.25. The number of hydrogen-bond acceptors (Lipinski definition) is 1. The third kappa shape index (κ3) is 3.71. The van der Waals surface area contributed by atoms with Crippen molar-refractivity contribution in [1.29, 1.82) is 0 Å². The van der Waals surface area contributed by atoms with Crippen LogP contribution in [-0.4, -0.2) is 0 Å². The van der Waals surface area contributed by atoms with Crippen molar-refractivity contribution >= 4 is 54.3 Å². The van der Waals surface area contributed by atoms with Crippen molar-refractivity contribution in [3.8, 4) is 33.4 Å². The SMILES string of the molecule is Cc1ccc2oc3ccc(-c4c5ccccc5c(-c5ccc6c(c5)C(C)(C)c5cc7ccccc7cc5-6)c5ccccc45)cc3c2c1. The molecule has 9 aromatic rings. The maximum Gasteiger partial charge on any atom is 0.135 e. The Morgan fingerprint density at radius 1 is 0.426 bits per heavy atom. The third-order valence-electron chi connectivity index (χ3n) is 10.7. The van der Waals surface area contributed by atoms with Crippen molar-refractivity contribution in [3.63, 3.8) is 0 Å². The van der Waals surface area contributed by atoms with Crippen molar-refractivity contribution in [2.45, 2.75) is 26.2 Å². The molecule has 0 saturated carbocycles. The number of benzene rings is 8. The summed E-state index contributed by atoms with van der Waals surface area (Å²) in [7, 11) is 0. The quantitative estimate of drug-likeness (QED) is 0.180. The molecule has 10 rings (SSSR count). The van der Waals surface area contributed by atoms with Crippen molar-refractivity contribution < 1.29 is 4.42 Å². The lowest BCUT2D eigenvalue weighted by Crippen LogP contribution is -2.15. The minimum Gasteiger partial charge on any atom is -0.456 e. The summed E-state index contributed by atoms with van der Waals surface area (Å²) >= 11 is 0. The van der Waals surface area contributed by atoms with Gasteiger partial charge in [-0.05, 0) is 126 Å². The fraction of sp³-hybridized carbons (Fsp3) is 0.0870. The lowest BCUT2D eigenvalue weighted by molar-refractivity contribution is 0.661. The van der Waals surface area contributed by atoms with E-state index in [9.17, 15) is 0 Å². The second-order valence-corrected chi connectivity index (χ2v) is 13.8. The van der Waals surface area contributed by atoms with E-state index in [2.05, 4.69) is 160 Å². The normalized spacial score (nSPS) is 13.6. The smallest absolute Gasteiger partial charge is 0.135 e. The van der Waals surface area contributed by atoms with Crippen LogP contribution in [-0.2, 0) is 5.41 Å². The average molecular weight is 601 g/mol. The molecule has 0 atom stereocenters. The molecule has 8 aromatic carbocycles. The Bertz CT molecular complexity index is 2720. The van der Waals surface area contributed by atoms with Crippen molar-refractivity contribution in [2.24, 2.45) is 0 Å². The van der Waals surface area contributed by atoms with Gasteiger partial charge in [0.25, 0.3) is 0 Å². The summed E-state index contributed by atoms with van der Waals surface area (Å²) in [4.78, 5) is 0. The zero-order chi connectivity index (χ0) is 31.4. The summed E-state index contributed by atoms with van der Waals surface area (Å²) in [5.41, 5.74) is 13.5. The molecule has 0 radical (unpaired) electrons. The molecule has 0 saturated heterocycles. The summed E-state index contributed by atoms with van der Waals surface area (Å²) in [6.45, 7) is 6.90. The second kappa shape index (κ2) is 9.44. The molecule has 0 unspecified atom stereocenters. The molecule has 1 heteroatoms. The molecule has 0 N–H and O–H groups in total. The van der Waals surface area contributed by atoms with Gasteiger partial charge < -0.3 is 4.42 Å². The Kier molecular flexibility index (Phi) is 5.33. The molecule has 0 aliphatic heterocycles. The largest absolute Gasteiger partial charge is 0.456 e. The fourth-order valence-electron chi connectivity index (χ4n) is 8.37. The molecule has 1 aliphatic rings. The van der Waals surface area contributed by atoms with Crippen LogP contribution in [0.1, 0.15) is 30.5 Å². The van der Waals surface area contributed by atoms with E-state index in [0.29, 0.717) is 0 Å². The minimum atomic E-state index is -0.0998. The van der Waals surface area contributed by atoms with Gasteiger partial charge >= 0.3 is 0 Å². The summed E-state index contributed by atoms with van der Waals surface area (Å²) in [6, 6.07) is 51.7. The standard InChI is InChI=1S/C46H32O/c1-27-16-20-42-38(22-27)39-24-30(18-21-43(39)47-42)44-33-12-6-8-14-35(33)45(36-15-9-7-13-34(36)44)31-17-19-32-37-23-28-10-4-5-11-29(28)25-41(37)46(2,3)40(32)26-31/h4-26H,1-3H3. The van der Waals surface area contributed by atoms with Gasteiger partial charge in [0.15, 0.2) is 0 Å². The van der Waals surface area contributed by atoms with E-state index in [-0.39, 0.29) is 5.41 Å². The number of fused-ring (bicyclic) bond motifs is 9. The van der Waals surface area contributed by atoms with Gasteiger partial charge in [-0.25, -0.2) is 0 Å². The van der Waals surface area contributed by atoms with E-state index in [1.54, 1.807) is 0 Å². The van der Waals surface area contributed by atoms with Gasteiger partial charge in [-0.15, -0.1) is 0 Å². The van der Waals surface area contributed by atoms with Crippen molar-refractivity contribution in [3.05, 3.63) is 156 Å². The highest BCUT2D eigenvalue weighted by molar-refractivity contribution is 6.22. The Labute approximate surface area is 273 Å². The third-order valence-corrected chi connectivity index (χ3v) is 10.7. The van der Waals surface area contributed by atoms with Crippen LogP contribution in [0.5, 0.6) is 0 Å². The van der Waals surface area contributed by atoms with Gasteiger partial charge in [-0.1, -0.05) is 116 Å². The number of hydrogen-bond donors (Lipinski definition) is 0. The molecule has 1 aromatic heterocycles. The van der Waals surface area contributed by atoms with Crippen LogP contribution in [0.4, 0.5) is 0 Å².